The Hall–Kier alpha value is -15.1. The Balaban J connectivity index is 0.000000118. The van der Waals surface area contributed by atoms with Gasteiger partial charge in [0.05, 0.1) is 53.2 Å². The number of hydrogen-bond acceptors (Lipinski definition) is 23. The zero-order valence-electron chi connectivity index (χ0n) is 76.4. The summed E-state index contributed by atoms with van der Waals surface area (Å²) in [4.78, 5) is 108. The summed E-state index contributed by atoms with van der Waals surface area (Å²) in [5, 5.41) is 21.2. The lowest BCUT2D eigenvalue weighted by molar-refractivity contribution is -0.146. The Kier molecular flexibility index (Phi) is 26.5. The highest BCUT2D eigenvalue weighted by atomic mass is 32.1. The number of carbonyl (C=O) groups excluding carboxylic acids is 5. The molecule has 3 amide bonds. The first-order chi connectivity index (χ1) is 66.9. The van der Waals surface area contributed by atoms with Crippen LogP contribution in [0.1, 0.15) is 190 Å². The number of alkyl halides is 3. The second kappa shape index (κ2) is 39.7. The number of nitrogens with one attached hydrogen (secondary N) is 6. The van der Waals surface area contributed by atoms with Crippen LogP contribution >= 0.6 is 22.7 Å². The van der Waals surface area contributed by atoms with E-state index in [-0.39, 0.29) is 58.0 Å². The van der Waals surface area contributed by atoms with Crippen LogP contribution in [0.5, 0.6) is 11.5 Å². The zero-order chi connectivity index (χ0) is 95.6. The summed E-state index contributed by atoms with van der Waals surface area (Å²) in [5.41, 5.74) is 37.4. The number of nitrogens with two attached hydrogens (primary N) is 4. The van der Waals surface area contributed by atoms with Gasteiger partial charge in [0, 0.05) is 143 Å². The number of nitrogens with zero attached hydrogens (tertiary/aromatic N) is 13. The van der Waals surface area contributed by atoms with Crippen molar-refractivity contribution < 1.29 is 51.4 Å². The van der Waals surface area contributed by atoms with Crippen molar-refractivity contribution in [1.82, 2.24) is 93.6 Å². The van der Waals surface area contributed by atoms with E-state index in [9.17, 15) is 37.1 Å². The van der Waals surface area contributed by atoms with E-state index in [0.29, 0.717) is 93.4 Å². The monoisotopic (exact) mass is 1900 g/mol. The number of halogens is 3. The summed E-state index contributed by atoms with van der Waals surface area (Å²) in [5.74, 6) is 8.02. The normalized spacial score (nSPS) is 18.4. The number of carbonyl (C=O) groups is 5. The van der Waals surface area contributed by atoms with Gasteiger partial charge in [0.15, 0.2) is 5.82 Å². The Bertz CT molecular complexity index is 7480. The first-order valence-corrected chi connectivity index (χ1v) is 48.2. The van der Waals surface area contributed by atoms with E-state index in [0.717, 1.165) is 238 Å². The smallest absolute Gasteiger partial charge is 0.417 e. The molecule has 0 spiro atoms. The Morgan fingerprint density at radius 3 is 1.46 bits per heavy atom. The van der Waals surface area contributed by atoms with Gasteiger partial charge in [-0.05, 0) is 204 Å². The first-order valence-electron chi connectivity index (χ1n) is 46.4. The van der Waals surface area contributed by atoms with Gasteiger partial charge in [-0.2, -0.15) is 29.6 Å². The highest BCUT2D eigenvalue weighted by Crippen LogP contribution is 2.48. The number of H-pyrrole nitrogens is 3. The molecule has 0 radical (unpaired) electrons. The quantitative estimate of drug-likeness (QED) is 0.0265. The van der Waals surface area contributed by atoms with Crippen LogP contribution < -0.4 is 48.4 Å². The molecular weight excluding hydrogens is 1800 g/mol. The highest BCUT2D eigenvalue weighted by Gasteiger charge is 2.38. The summed E-state index contributed by atoms with van der Waals surface area (Å²) in [6.07, 6.45) is 22.8. The van der Waals surface area contributed by atoms with Gasteiger partial charge < -0.3 is 68.0 Å². The molecule has 36 heteroatoms. The molecule has 0 bridgehead atoms. The SMILES string of the molecule is CC(=O)NCC1CCC(c2nc(-c3cc4cccc(C(F)(F)F)c4s3)c3c(N)nccn23)CC1.CC(=O)Oc1cccc(C(=O)NCC2CCC(c3nc(-c4cc5ccccc5[nH]4)c4c(N)nccn34)CC2)c1.COC(=O)C1CCC(c2nc(-c3cc4cccc(OC)c4[nH]3)c3c(N)nccn23)CC1.Nc1ncnn2c(C3CCC(CNC(=O)c4ccsc4)CC3)nc(-c3cc4ccccc4[nH]3)c12. The van der Waals surface area contributed by atoms with Crippen LogP contribution in [0.3, 0.4) is 0 Å². The lowest BCUT2D eigenvalue weighted by atomic mass is 9.81. The average Bonchev–Trinajstić information content (AvgIpc) is 1.46. The molecule has 0 unspecified atom stereocenters. The van der Waals surface area contributed by atoms with Crippen LogP contribution in [0.4, 0.5) is 36.4 Å². The number of aromatic nitrogens is 16. The van der Waals surface area contributed by atoms with E-state index < -0.39 is 17.7 Å². The van der Waals surface area contributed by atoms with E-state index in [1.165, 1.54) is 44.7 Å². The molecule has 138 heavy (non-hydrogen) atoms. The molecule has 22 rings (SSSR count). The lowest BCUT2D eigenvalue weighted by Gasteiger charge is -2.28. The predicted molar refractivity (Wildman–Crippen MR) is 528 cm³/mol. The van der Waals surface area contributed by atoms with Crippen molar-refractivity contribution in [3.8, 4) is 56.2 Å². The Morgan fingerprint density at radius 2 is 0.942 bits per heavy atom. The molecule has 5 aromatic carbocycles. The number of ether oxygens (including phenoxy) is 3. The van der Waals surface area contributed by atoms with Gasteiger partial charge in [-0.1, -0.05) is 66.7 Å². The van der Waals surface area contributed by atoms with E-state index in [1.807, 2.05) is 91.2 Å². The van der Waals surface area contributed by atoms with Gasteiger partial charge in [0.25, 0.3) is 11.8 Å². The summed E-state index contributed by atoms with van der Waals surface area (Å²) >= 11 is 2.62. The van der Waals surface area contributed by atoms with Gasteiger partial charge in [-0.15, -0.1) is 11.3 Å². The Morgan fingerprint density at radius 1 is 0.478 bits per heavy atom. The van der Waals surface area contributed by atoms with Gasteiger partial charge in [0.1, 0.15) is 103 Å². The van der Waals surface area contributed by atoms with E-state index >= 15 is 0 Å². The maximum absolute atomic E-state index is 13.6. The number of fused-ring (bicyclic) bond motifs is 8. The van der Waals surface area contributed by atoms with Crippen molar-refractivity contribution in [3.05, 3.63) is 234 Å². The minimum absolute atomic E-state index is 0.0118. The van der Waals surface area contributed by atoms with Crippen molar-refractivity contribution in [2.75, 3.05) is 56.8 Å². The third-order valence-corrected chi connectivity index (χ3v) is 29.1. The maximum atomic E-state index is 13.6. The average molecular weight is 1900 g/mol. The van der Waals surface area contributed by atoms with Crippen LogP contribution in [0.2, 0.25) is 0 Å². The molecular formula is C102H104F3N23O8S2. The number of esters is 2. The molecule has 14 N–H and O–H groups in total. The predicted octanol–water partition coefficient (Wildman–Crippen LogP) is 19.2. The number of methoxy groups -OCH3 is 2. The molecule has 13 heterocycles. The Labute approximate surface area is 797 Å². The second-order valence-corrected chi connectivity index (χ2v) is 37.8. The largest absolute Gasteiger partial charge is 0.495 e. The first kappa shape index (κ1) is 92.0. The standard InChI is InChI=1S/C30H30N6O3.C25H25N7OS.C24H24F3N5OS.C23H25N5O3/c1-18(37)39-23-7-4-6-22(15-23)30(38)33-17-19-9-11-20(12-10-19)29-35-26(27-28(31)32-13-14-36(27)29)25-16-21-5-2-3-8-24(21)34-25;26-23-22-21(20-11-17-3-1-2-4-19(17)30-20)31-24(32(22)29-14-28-23)16-7-5-15(6-8-16)12-27-25(33)18-9-10-34-13-18;1-13(33)30-12-14-5-7-15(8-6-14)23-31-19(20-22(28)29-9-10-32(20)23)18-11-16-3-2-4-17(21(16)34-18)24(25,26)27;1-30-17-5-3-4-15-12-16(26-18(15)17)19-20-21(24)25-10-11-28(20)22(27-19)13-6-8-14(9-7-13)23(29)31-2/h2-8,13-16,19-20,34H,9-12,17H2,1H3,(H2,31,32)(H,33,38);1-4,9-11,13-16,30H,5-8,12H2,(H,27,33)(H2,26,28,29);2-4,9-11,14-15H,5-8,12H2,1H3,(H2,28,29)(H,30,33);3-5,10-14,26H,6-9H2,1-2H3,(H2,24,25). The molecule has 4 aliphatic rings. The van der Waals surface area contributed by atoms with Crippen molar-refractivity contribution in [3.63, 3.8) is 0 Å². The second-order valence-electron chi connectivity index (χ2n) is 36.0. The zero-order valence-corrected chi connectivity index (χ0v) is 78.0. The van der Waals surface area contributed by atoms with Crippen LogP contribution in [0, 0.1) is 23.7 Å². The number of para-hydroxylation sites is 3. The fourth-order valence-electron chi connectivity index (χ4n) is 20.2. The molecule has 0 aliphatic heterocycles. The summed E-state index contributed by atoms with van der Waals surface area (Å²) < 4.78 is 64.3. The number of imidazole rings is 4. The summed E-state index contributed by atoms with van der Waals surface area (Å²) in [6.45, 7) is 4.84. The van der Waals surface area contributed by atoms with Crippen LogP contribution in [0.25, 0.3) is 110 Å². The molecule has 4 saturated carbocycles. The fourth-order valence-corrected chi connectivity index (χ4v) is 22.0. The third kappa shape index (κ3) is 19.2. The summed E-state index contributed by atoms with van der Waals surface area (Å²) in [7, 11) is 3.11. The van der Waals surface area contributed by atoms with Crippen LogP contribution in [-0.4, -0.2) is 141 Å². The molecule has 13 aromatic heterocycles. The number of thiophene rings is 2. The van der Waals surface area contributed by atoms with Crippen molar-refractivity contribution in [2.24, 2.45) is 23.7 Å². The third-order valence-electron chi connectivity index (χ3n) is 27.2. The number of benzene rings is 5. The number of rotatable bonds is 19. The molecule has 708 valence electrons. The lowest BCUT2D eigenvalue weighted by Crippen LogP contribution is -2.31. The van der Waals surface area contributed by atoms with Gasteiger partial charge in [-0.25, -0.2) is 44.4 Å². The topological polar surface area (TPSA) is 434 Å². The molecule has 4 aliphatic carbocycles. The van der Waals surface area contributed by atoms with E-state index in [4.69, 9.17) is 57.1 Å². The molecule has 0 atom stereocenters. The molecule has 4 fully saturated rings. The van der Waals surface area contributed by atoms with Gasteiger partial charge in [-0.3, -0.25) is 37.2 Å². The van der Waals surface area contributed by atoms with E-state index in [1.54, 1.807) is 62.1 Å². The van der Waals surface area contributed by atoms with Crippen molar-refractivity contribution >= 4 is 140 Å². The maximum Gasteiger partial charge on any atom is 0.417 e. The van der Waals surface area contributed by atoms with Crippen LogP contribution in [0.15, 0.2) is 194 Å². The number of anilines is 4. The number of hydrogen-bond donors (Lipinski definition) is 10. The molecule has 0 saturated heterocycles. The van der Waals surface area contributed by atoms with Gasteiger partial charge >= 0.3 is 18.1 Å². The number of aromatic amines is 3. The highest BCUT2D eigenvalue weighted by molar-refractivity contribution is 7.22. The molecule has 31 nitrogen and oxygen atoms in total. The fraction of sp³-hybridized carbons (Fsp3) is 0.314. The molecule has 18 aromatic rings. The van der Waals surface area contributed by atoms with Crippen molar-refractivity contribution in [2.45, 2.75) is 146 Å². The summed E-state index contributed by atoms with van der Waals surface area (Å²) in [6, 6.07) is 43.0. The number of nitrogen functional groups attached to an aromatic ring is 4. The van der Waals surface area contributed by atoms with Gasteiger partial charge in [0.2, 0.25) is 5.91 Å². The minimum Gasteiger partial charge on any atom is -0.495 e. The van der Waals surface area contributed by atoms with Crippen LogP contribution in [-0.2, 0) is 25.3 Å². The number of amides is 3. The minimum atomic E-state index is -4.43. The van der Waals surface area contributed by atoms with Crippen molar-refractivity contribution in [1.29, 1.82) is 0 Å². The van der Waals surface area contributed by atoms with E-state index in [2.05, 4.69) is 103 Å².